The summed E-state index contributed by atoms with van der Waals surface area (Å²) in [6.45, 7) is 3.97. The first kappa shape index (κ1) is 23.0. The van der Waals surface area contributed by atoms with E-state index >= 15 is 4.39 Å². The average Bonchev–Trinajstić information content (AvgIpc) is 3.25. The van der Waals surface area contributed by atoms with Crippen molar-refractivity contribution in [1.82, 2.24) is 9.97 Å². The maximum atomic E-state index is 15.2. The van der Waals surface area contributed by atoms with Crippen LogP contribution in [0.25, 0.3) is 10.9 Å². The van der Waals surface area contributed by atoms with Crippen molar-refractivity contribution >= 4 is 32.7 Å². The summed E-state index contributed by atoms with van der Waals surface area (Å²) in [7, 11) is 0. The summed E-state index contributed by atoms with van der Waals surface area (Å²) in [5, 5.41) is 13.2. The van der Waals surface area contributed by atoms with Gasteiger partial charge in [-0.1, -0.05) is 41.1 Å². The van der Waals surface area contributed by atoms with Crippen LogP contribution in [0, 0.1) is 18.7 Å². The monoisotopic (exact) mass is 507 g/mol. The first-order valence-electron chi connectivity index (χ1n) is 10.7. The lowest BCUT2D eigenvalue weighted by molar-refractivity contribution is -0.0779. The van der Waals surface area contributed by atoms with Gasteiger partial charge < -0.3 is 10.4 Å². The highest BCUT2D eigenvalue weighted by molar-refractivity contribution is 9.10. The fourth-order valence-corrected chi connectivity index (χ4v) is 5.01. The van der Waals surface area contributed by atoms with Crippen molar-refractivity contribution in [3.05, 3.63) is 62.6 Å². The molecule has 0 saturated carbocycles. The van der Waals surface area contributed by atoms with Crippen LogP contribution in [-0.2, 0) is 18.8 Å². The molecule has 1 aromatic heterocycles. The summed E-state index contributed by atoms with van der Waals surface area (Å²) in [6, 6.07) is 5.32. The van der Waals surface area contributed by atoms with Crippen molar-refractivity contribution in [2.45, 2.75) is 52.0 Å². The Balaban J connectivity index is 1.75. The molecule has 0 radical (unpaired) electrons. The lowest BCUT2D eigenvalue weighted by atomic mass is 9.93. The number of aliphatic hydroxyl groups excluding tert-OH is 1. The Labute approximate surface area is 193 Å². The molecule has 1 aliphatic carbocycles. The SMILES string of the molecule is Cc1nc(N[C@H](C)c2cccc(C(F)(F)[C@@H](C)CO)c2F)c2cc(Br)c3c(c2n1)CCC3. The van der Waals surface area contributed by atoms with E-state index in [-0.39, 0.29) is 5.56 Å². The average molecular weight is 508 g/mol. The zero-order chi connectivity index (χ0) is 23.2. The first-order chi connectivity index (χ1) is 15.1. The van der Waals surface area contributed by atoms with Crippen molar-refractivity contribution in [3.63, 3.8) is 0 Å². The Morgan fingerprint density at radius 2 is 1.91 bits per heavy atom. The van der Waals surface area contributed by atoms with Crippen LogP contribution in [-0.4, -0.2) is 21.7 Å². The van der Waals surface area contributed by atoms with Crippen molar-refractivity contribution in [2.75, 3.05) is 11.9 Å². The van der Waals surface area contributed by atoms with Crippen LogP contribution >= 0.6 is 15.9 Å². The molecule has 0 saturated heterocycles. The quantitative estimate of drug-likeness (QED) is 0.415. The summed E-state index contributed by atoms with van der Waals surface area (Å²) in [6.07, 6.45) is 2.99. The number of benzene rings is 2. The molecule has 0 spiro atoms. The minimum absolute atomic E-state index is 0.108. The summed E-state index contributed by atoms with van der Waals surface area (Å²) in [4.78, 5) is 9.18. The van der Waals surface area contributed by atoms with Crippen LogP contribution in [0.3, 0.4) is 0 Å². The van der Waals surface area contributed by atoms with Gasteiger partial charge >= 0.3 is 0 Å². The van der Waals surface area contributed by atoms with Gasteiger partial charge in [-0.05, 0) is 50.3 Å². The van der Waals surface area contributed by atoms with E-state index in [9.17, 15) is 13.9 Å². The maximum Gasteiger partial charge on any atom is 0.280 e. The molecular weight excluding hydrogens is 483 g/mol. The highest BCUT2D eigenvalue weighted by Crippen LogP contribution is 2.40. The van der Waals surface area contributed by atoms with Crippen LogP contribution in [0.2, 0.25) is 0 Å². The lowest BCUT2D eigenvalue weighted by Gasteiger charge is -2.25. The number of rotatable bonds is 6. The van der Waals surface area contributed by atoms with Gasteiger partial charge in [-0.3, -0.25) is 0 Å². The Kier molecular flexibility index (Phi) is 6.20. The number of nitrogens with one attached hydrogen (secondary N) is 1. The van der Waals surface area contributed by atoms with Crippen molar-refractivity contribution in [1.29, 1.82) is 0 Å². The molecule has 8 heteroatoms. The molecule has 0 amide bonds. The van der Waals surface area contributed by atoms with Gasteiger partial charge in [0.15, 0.2) is 0 Å². The number of aryl methyl sites for hydroxylation is 2. The molecule has 3 aromatic rings. The maximum absolute atomic E-state index is 15.2. The number of hydrogen-bond donors (Lipinski definition) is 2. The summed E-state index contributed by atoms with van der Waals surface area (Å²) in [5.41, 5.74) is 2.72. The van der Waals surface area contributed by atoms with Gasteiger partial charge in [0, 0.05) is 21.3 Å². The Bertz CT molecular complexity index is 1190. The van der Waals surface area contributed by atoms with Gasteiger partial charge in [-0.15, -0.1) is 0 Å². The molecule has 170 valence electrons. The third-order valence-corrected chi connectivity index (χ3v) is 6.93. The Morgan fingerprint density at radius 3 is 2.62 bits per heavy atom. The number of aliphatic hydroxyl groups is 1. The predicted octanol–water partition coefficient (Wildman–Crippen LogP) is 6.22. The smallest absolute Gasteiger partial charge is 0.280 e. The molecule has 2 aromatic carbocycles. The van der Waals surface area contributed by atoms with E-state index in [1.165, 1.54) is 30.2 Å². The van der Waals surface area contributed by atoms with E-state index in [1.807, 2.05) is 6.07 Å². The lowest BCUT2D eigenvalue weighted by Crippen LogP contribution is -2.28. The minimum atomic E-state index is -3.49. The number of hydrogen-bond acceptors (Lipinski definition) is 4. The molecule has 4 rings (SSSR count). The number of halogens is 4. The van der Waals surface area contributed by atoms with E-state index in [4.69, 9.17) is 0 Å². The fourth-order valence-electron chi connectivity index (χ4n) is 4.35. The molecule has 1 heterocycles. The van der Waals surface area contributed by atoms with Crippen LogP contribution < -0.4 is 5.32 Å². The number of nitrogens with zero attached hydrogens (tertiary/aromatic N) is 2. The van der Waals surface area contributed by atoms with Gasteiger partial charge in [0.25, 0.3) is 5.92 Å². The molecule has 4 nitrogen and oxygen atoms in total. The van der Waals surface area contributed by atoms with Gasteiger partial charge in [0.05, 0.1) is 23.7 Å². The van der Waals surface area contributed by atoms with E-state index in [1.54, 1.807) is 13.8 Å². The second-order valence-corrected chi connectivity index (χ2v) is 9.32. The normalized spacial score (nSPS) is 15.6. The number of aromatic nitrogens is 2. The summed E-state index contributed by atoms with van der Waals surface area (Å²) < 4.78 is 45.5. The highest BCUT2D eigenvalue weighted by Gasteiger charge is 2.41. The third kappa shape index (κ3) is 3.88. The predicted molar refractivity (Wildman–Crippen MR) is 123 cm³/mol. The number of alkyl halides is 2. The molecule has 2 atom stereocenters. The second-order valence-electron chi connectivity index (χ2n) is 8.47. The van der Waals surface area contributed by atoms with E-state index in [0.29, 0.717) is 11.6 Å². The topological polar surface area (TPSA) is 58.0 Å². The molecule has 2 N–H and O–H groups in total. The van der Waals surface area contributed by atoms with Gasteiger partial charge in [0.1, 0.15) is 17.5 Å². The molecular formula is C24H25BrF3N3O. The third-order valence-electron chi connectivity index (χ3n) is 6.22. The number of anilines is 1. The van der Waals surface area contributed by atoms with Crippen molar-refractivity contribution in [2.24, 2.45) is 5.92 Å². The van der Waals surface area contributed by atoms with Crippen molar-refractivity contribution < 1.29 is 18.3 Å². The first-order valence-corrected chi connectivity index (χ1v) is 11.5. The largest absolute Gasteiger partial charge is 0.396 e. The number of fused-ring (bicyclic) bond motifs is 3. The van der Waals surface area contributed by atoms with Gasteiger partial charge in [0.2, 0.25) is 0 Å². The standard InChI is InChI=1S/C24H25BrF3N3O/c1-12(11-32)24(27,28)19-9-5-6-15(21(19)26)13(2)29-23-18-10-20(25)16-7-4-8-17(16)22(18)30-14(3)31-23/h5-6,9-10,12-13,32H,4,7-8,11H2,1-3H3,(H,29,30,31)/t12-,13+/m0/s1. The Morgan fingerprint density at radius 1 is 1.19 bits per heavy atom. The molecule has 0 unspecified atom stereocenters. The summed E-state index contributed by atoms with van der Waals surface area (Å²) >= 11 is 3.65. The van der Waals surface area contributed by atoms with E-state index in [2.05, 4.69) is 31.2 Å². The zero-order valence-electron chi connectivity index (χ0n) is 18.1. The molecule has 0 fully saturated rings. The minimum Gasteiger partial charge on any atom is -0.396 e. The Hall–Kier alpha value is -2.19. The molecule has 32 heavy (non-hydrogen) atoms. The van der Waals surface area contributed by atoms with Crippen LogP contribution in [0.15, 0.2) is 28.7 Å². The zero-order valence-corrected chi connectivity index (χ0v) is 19.7. The highest BCUT2D eigenvalue weighted by atomic mass is 79.9. The van der Waals surface area contributed by atoms with E-state index < -0.39 is 35.9 Å². The molecule has 1 aliphatic rings. The van der Waals surface area contributed by atoms with Crippen LogP contribution in [0.5, 0.6) is 0 Å². The van der Waals surface area contributed by atoms with Gasteiger partial charge in [-0.25, -0.2) is 23.1 Å². The molecule has 0 bridgehead atoms. The molecule has 0 aliphatic heterocycles. The summed E-state index contributed by atoms with van der Waals surface area (Å²) in [5.74, 6) is -4.74. The van der Waals surface area contributed by atoms with Crippen LogP contribution in [0.4, 0.5) is 19.0 Å². The second kappa shape index (κ2) is 8.63. The van der Waals surface area contributed by atoms with Crippen molar-refractivity contribution in [3.8, 4) is 0 Å². The van der Waals surface area contributed by atoms with E-state index in [0.717, 1.165) is 40.7 Å². The van der Waals surface area contributed by atoms with Crippen LogP contribution in [0.1, 0.15) is 54.4 Å². The van der Waals surface area contributed by atoms with Gasteiger partial charge in [-0.2, -0.15) is 0 Å². The fraction of sp³-hybridized carbons (Fsp3) is 0.417.